The third kappa shape index (κ3) is 2.42. The molecule has 2 heterocycles. The molecule has 1 saturated heterocycles. The number of nitro groups is 1. The van der Waals surface area contributed by atoms with Crippen molar-refractivity contribution >= 4 is 11.5 Å². The van der Waals surface area contributed by atoms with Gasteiger partial charge in [-0.05, 0) is 19.3 Å². The molecule has 0 saturated carbocycles. The van der Waals surface area contributed by atoms with E-state index in [0.717, 1.165) is 25.8 Å². The molecule has 1 aromatic rings. The van der Waals surface area contributed by atoms with Gasteiger partial charge in [-0.15, -0.1) is 0 Å². The minimum absolute atomic E-state index is 0.0193. The molecule has 7 nitrogen and oxygen atoms in total. The molecule has 1 N–H and O–H groups in total. The molecular weight excluding hydrogens is 248 g/mol. The zero-order valence-electron chi connectivity index (χ0n) is 11.4. The minimum Gasteiger partial charge on any atom is -0.394 e. The summed E-state index contributed by atoms with van der Waals surface area (Å²) in [7, 11) is 1.73. The predicted octanol–water partition coefficient (Wildman–Crippen LogP) is 1.24. The molecule has 19 heavy (non-hydrogen) atoms. The SMILES string of the molecule is CCCc1nn(C)c(N2CCCC2CO)c1[N+](=O)[O-]. The van der Waals surface area contributed by atoms with Gasteiger partial charge in [-0.2, -0.15) is 5.10 Å². The standard InChI is InChI=1S/C12H20N4O3/c1-3-5-10-11(16(18)19)12(14(2)13-10)15-7-4-6-9(15)8-17/h9,17H,3-8H2,1-2H3. The van der Waals surface area contributed by atoms with Crippen LogP contribution in [0.4, 0.5) is 11.5 Å². The fourth-order valence-corrected chi connectivity index (χ4v) is 2.78. The van der Waals surface area contributed by atoms with Gasteiger partial charge in [-0.3, -0.25) is 10.1 Å². The molecule has 7 heteroatoms. The van der Waals surface area contributed by atoms with Gasteiger partial charge in [0.25, 0.3) is 0 Å². The molecule has 2 rings (SSSR count). The van der Waals surface area contributed by atoms with Crippen LogP contribution in [-0.4, -0.2) is 39.0 Å². The molecule has 1 unspecified atom stereocenters. The summed E-state index contributed by atoms with van der Waals surface area (Å²) in [6, 6.07) is -0.0384. The Labute approximate surface area is 112 Å². The van der Waals surface area contributed by atoms with Gasteiger partial charge < -0.3 is 10.0 Å². The Bertz CT molecular complexity index is 472. The number of rotatable bonds is 5. The van der Waals surface area contributed by atoms with E-state index in [2.05, 4.69) is 5.10 Å². The van der Waals surface area contributed by atoms with Crippen molar-refractivity contribution in [1.82, 2.24) is 9.78 Å². The lowest BCUT2D eigenvalue weighted by Gasteiger charge is -2.23. The zero-order valence-corrected chi connectivity index (χ0v) is 11.4. The largest absolute Gasteiger partial charge is 0.394 e. The highest BCUT2D eigenvalue weighted by Gasteiger charge is 2.35. The van der Waals surface area contributed by atoms with Gasteiger partial charge in [0.15, 0.2) is 0 Å². The maximum Gasteiger partial charge on any atom is 0.334 e. The Morgan fingerprint density at radius 3 is 2.89 bits per heavy atom. The molecular formula is C12H20N4O3. The van der Waals surface area contributed by atoms with Crippen molar-refractivity contribution in [1.29, 1.82) is 0 Å². The average Bonchev–Trinajstić information content (AvgIpc) is 2.93. The molecule has 0 bridgehead atoms. The molecule has 0 amide bonds. The molecule has 1 aromatic heterocycles. The van der Waals surface area contributed by atoms with Crippen LogP contribution in [0, 0.1) is 10.1 Å². The third-order valence-corrected chi connectivity index (χ3v) is 3.59. The molecule has 0 radical (unpaired) electrons. The minimum atomic E-state index is -0.347. The Balaban J connectivity index is 2.46. The fourth-order valence-electron chi connectivity index (χ4n) is 2.78. The highest BCUT2D eigenvalue weighted by Crippen LogP contribution is 2.36. The molecule has 1 atom stereocenters. The molecule has 1 aliphatic heterocycles. The van der Waals surface area contributed by atoms with Crippen LogP contribution in [0.5, 0.6) is 0 Å². The summed E-state index contributed by atoms with van der Waals surface area (Å²) in [5, 5.41) is 25.0. The summed E-state index contributed by atoms with van der Waals surface area (Å²) in [6.45, 7) is 2.73. The quantitative estimate of drug-likeness (QED) is 0.641. The summed E-state index contributed by atoms with van der Waals surface area (Å²) in [5.74, 6) is 0.532. The van der Waals surface area contributed by atoms with Gasteiger partial charge in [0.1, 0.15) is 5.69 Å². The molecule has 1 aliphatic rings. The van der Waals surface area contributed by atoms with Crippen molar-refractivity contribution in [3.8, 4) is 0 Å². The van der Waals surface area contributed by atoms with Crippen LogP contribution in [-0.2, 0) is 13.5 Å². The van der Waals surface area contributed by atoms with Crippen molar-refractivity contribution < 1.29 is 10.0 Å². The highest BCUT2D eigenvalue weighted by atomic mass is 16.6. The molecule has 0 aromatic carbocycles. The Morgan fingerprint density at radius 2 is 2.32 bits per heavy atom. The van der Waals surface area contributed by atoms with Gasteiger partial charge >= 0.3 is 5.69 Å². The summed E-state index contributed by atoms with van der Waals surface area (Å²) in [6.07, 6.45) is 3.22. The van der Waals surface area contributed by atoms with Gasteiger partial charge in [-0.25, -0.2) is 4.68 Å². The Kier molecular flexibility index (Phi) is 4.04. The Hall–Kier alpha value is -1.63. The first-order valence-electron chi connectivity index (χ1n) is 6.67. The second-order valence-corrected chi connectivity index (χ2v) is 4.92. The van der Waals surface area contributed by atoms with E-state index in [0.29, 0.717) is 17.9 Å². The van der Waals surface area contributed by atoms with E-state index in [1.165, 1.54) is 0 Å². The number of hydrogen-bond donors (Lipinski definition) is 1. The maximum atomic E-state index is 11.3. The van der Waals surface area contributed by atoms with E-state index in [9.17, 15) is 15.2 Å². The summed E-state index contributed by atoms with van der Waals surface area (Å²) < 4.78 is 1.58. The van der Waals surface area contributed by atoms with Crippen molar-refractivity contribution in [2.45, 2.75) is 38.6 Å². The lowest BCUT2D eigenvalue weighted by Crippen LogP contribution is -2.34. The van der Waals surface area contributed by atoms with Crippen LogP contribution in [0.1, 0.15) is 31.9 Å². The van der Waals surface area contributed by atoms with Crippen LogP contribution in [0.2, 0.25) is 0 Å². The fraction of sp³-hybridized carbons (Fsp3) is 0.750. The normalized spacial score (nSPS) is 19.1. The van der Waals surface area contributed by atoms with Crippen LogP contribution < -0.4 is 4.90 Å². The summed E-state index contributed by atoms with van der Waals surface area (Å²) >= 11 is 0. The number of nitrogens with zero attached hydrogens (tertiary/aromatic N) is 4. The van der Waals surface area contributed by atoms with E-state index in [4.69, 9.17) is 0 Å². The van der Waals surface area contributed by atoms with E-state index >= 15 is 0 Å². The van der Waals surface area contributed by atoms with Gasteiger partial charge in [0.05, 0.1) is 17.6 Å². The van der Waals surface area contributed by atoms with Crippen LogP contribution >= 0.6 is 0 Å². The van der Waals surface area contributed by atoms with E-state index in [1.807, 2.05) is 11.8 Å². The first-order valence-corrected chi connectivity index (χ1v) is 6.67. The van der Waals surface area contributed by atoms with E-state index in [-0.39, 0.29) is 23.3 Å². The Morgan fingerprint density at radius 1 is 1.58 bits per heavy atom. The second-order valence-electron chi connectivity index (χ2n) is 4.92. The number of anilines is 1. The second kappa shape index (κ2) is 5.56. The first-order chi connectivity index (χ1) is 9.10. The lowest BCUT2D eigenvalue weighted by molar-refractivity contribution is -0.384. The predicted molar refractivity (Wildman–Crippen MR) is 71.3 cm³/mol. The topological polar surface area (TPSA) is 84.4 Å². The van der Waals surface area contributed by atoms with Crippen LogP contribution in [0.15, 0.2) is 0 Å². The molecule has 0 aliphatic carbocycles. The average molecular weight is 268 g/mol. The number of hydrogen-bond acceptors (Lipinski definition) is 5. The van der Waals surface area contributed by atoms with E-state index in [1.54, 1.807) is 11.7 Å². The van der Waals surface area contributed by atoms with Gasteiger partial charge in [0, 0.05) is 13.6 Å². The van der Waals surface area contributed by atoms with Crippen molar-refractivity contribution in [3.05, 3.63) is 15.8 Å². The monoisotopic (exact) mass is 268 g/mol. The van der Waals surface area contributed by atoms with E-state index < -0.39 is 0 Å². The smallest absolute Gasteiger partial charge is 0.334 e. The third-order valence-electron chi connectivity index (χ3n) is 3.59. The van der Waals surface area contributed by atoms with Gasteiger partial charge in [0.2, 0.25) is 5.82 Å². The van der Waals surface area contributed by atoms with Crippen molar-refractivity contribution in [3.63, 3.8) is 0 Å². The lowest BCUT2D eigenvalue weighted by atomic mass is 10.2. The van der Waals surface area contributed by atoms with Crippen molar-refractivity contribution in [2.75, 3.05) is 18.1 Å². The maximum absolute atomic E-state index is 11.3. The number of aliphatic hydroxyl groups excluding tert-OH is 1. The molecule has 0 spiro atoms. The highest BCUT2D eigenvalue weighted by molar-refractivity contribution is 5.62. The van der Waals surface area contributed by atoms with Crippen molar-refractivity contribution in [2.24, 2.45) is 7.05 Å². The first kappa shape index (κ1) is 13.8. The molecule has 106 valence electrons. The van der Waals surface area contributed by atoms with Crippen LogP contribution in [0.3, 0.4) is 0 Å². The molecule has 1 fully saturated rings. The zero-order chi connectivity index (χ0) is 14.0. The van der Waals surface area contributed by atoms with Gasteiger partial charge in [-0.1, -0.05) is 13.3 Å². The number of aromatic nitrogens is 2. The number of aryl methyl sites for hydroxylation is 2. The van der Waals surface area contributed by atoms with Crippen LogP contribution in [0.25, 0.3) is 0 Å². The number of aliphatic hydroxyl groups is 1. The summed E-state index contributed by atoms with van der Waals surface area (Å²) in [5.41, 5.74) is 0.637. The summed E-state index contributed by atoms with van der Waals surface area (Å²) in [4.78, 5) is 12.9.